The van der Waals surface area contributed by atoms with Gasteiger partial charge < -0.3 is 10.2 Å². The van der Waals surface area contributed by atoms with Crippen molar-refractivity contribution in [3.8, 4) is 5.75 Å². The van der Waals surface area contributed by atoms with Crippen LogP contribution in [-0.4, -0.2) is 16.2 Å². The lowest BCUT2D eigenvalue weighted by atomic mass is 10.0. The Hall–Kier alpha value is -1.74. The molecule has 0 aromatic heterocycles. The smallest absolute Gasteiger partial charge is 0.336 e. The Balaban J connectivity index is 2.94. The van der Waals surface area contributed by atoms with Crippen LogP contribution in [-0.2, 0) is 0 Å². The second-order valence-corrected chi connectivity index (χ2v) is 3.49. The molecule has 0 bridgehead atoms. The van der Waals surface area contributed by atoms with E-state index in [-0.39, 0.29) is 16.3 Å². The van der Waals surface area contributed by atoms with Crippen molar-refractivity contribution in [3.63, 3.8) is 0 Å². The van der Waals surface area contributed by atoms with Gasteiger partial charge in [-0.2, -0.15) is 0 Å². The third-order valence-electron chi connectivity index (χ3n) is 2.19. The Morgan fingerprint density at radius 1 is 1.20 bits per heavy atom. The van der Waals surface area contributed by atoms with E-state index in [1.54, 1.807) is 18.2 Å². The summed E-state index contributed by atoms with van der Waals surface area (Å²) in [5.74, 6) is -1.18. The second kappa shape index (κ2) is 3.44. The number of carboxylic acids is 1. The summed E-state index contributed by atoms with van der Waals surface area (Å²) in [5.41, 5.74) is 0.0911. The van der Waals surface area contributed by atoms with Crippen LogP contribution in [0.2, 0.25) is 5.02 Å². The van der Waals surface area contributed by atoms with Crippen LogP contribution >= 0.6 is 11.6 Å². The van der Waals surface area contributed by atoms with Gasteiger partial charge >= 0.3 is 5.97 Å². The monoisotopic (exact) mass is 222 g/mol. The minimum Gasteiger partial charge on any atom is -0.506 e. The number of rotatable bonds is 1. The molecule has 2 rings (SSSR count). The van der Waals surface area contributed by atoms with Gasteiger partial charge in [0.15, 0.2) is 0 Å². The topological polar surface area (TPSA) is 57.5 Å². The van der Waals surface area contributed by atoms with Crippen molar-refractivity contribution < 1.29 is 15.0 Å². The molecule has 0 aliphatic rings. The maximum absolute atomic E-state index is 10.9. The fourth-order valence-corrected chi connectivity index (χ4v) is 1.78. The lowest BCUT2D eigenvalue weighted by Crippen LogP contribution is -1.97. The predicted molar refractivity (Wildman–Crippen MR) is 57.6 cm³/mol. The van der Waals surface area contributed by atoms with E-state index >= 15 is 0 Å². The van der Waals surface area contributed by atoms with E-state index in [1.807, 2.05) is 0 Å². The molecule has 0 spiro atoms. The predicted octanol–water partition coefficient (Wildman–Crippen LogP) is 2.90. The normalized spacial score (nSPS) is 10.5. The van der Waals surface area contributed by atoms with Gasteiger partial charge in [-0.05, 0) is 17.5 Å². The number of aromatic carboxylic acids is 1. The number of phenols is 1. The van der Waals surface area contributed by atoms with Gasteiger partial charge in [0.25, 0.3) is 0 Å². The minimum absolute atomic E-state index is 0.0745. The van der Waals surface area contributed by atoms with E-state index < -0.39 is 5.97 Å². The highest BCUT2D eigenvalue weighted by molar-refractivity contribution is 6.38. The zero-order valence-electron chi connectivity index (χ0n) is 7.57. The largest absolute Gasteiger partial charge is 0.506 e. The van der Waals surface area contributed by atoms with Gasteiger partial charge in [-0.25, -0.2) is 4.79 Å². The van der Waals surface area contributed by atoms with E-state index in [2.05, 4.69) is 0 Å². The quantitative estimate of drug-likeness (QED) is 0.780. The van der Waals surface area contributed by atoms with Gasteiger partial charge in [0.2, 0.25) is 0 Å². The van der Waals surface area contributed by atoms with Crippen molar-refractivity contribution in [3.05, 3.63) is 40.9 Å². The fraction of sp³-hybridized carbons (Fsp3) is 0. The molecule has 15 heavy (non-hydrogen) atoms. The summed E-state index contributed by atoms with van der Waals surface area (Å²) in [5, 5.41) is 19.5. The average molecular weight is 223 g/mol. The molecule has 0 radical (unpaired) electrons. The van der Waals surface area contributed by atoms with E-state index in [4.69, 9.17) is 16.7 Å². The summed E-state index contributed by atoms with van der Waals surface area (Å²) in [6, 6.07) is 7.90. The first kappa shape index (κ1) is 9.80. The van der Waals surface area contributed by atoms with E-state index in [1.165, 1.54) is 12.1 Å². The molecule has 0 fully saturated rings. The number of halogens is 1. The average Bonchev–Trinajstić information content (AvgIpc) is 2.23. The van der Waals surface area contributed by atoms with Crippen LogP contribution < -0.4 is 0 Å². The van der Waals surface area contributed by atoms with Crippen LogP contribution in [0.1, 0.15) is 10.4 Å². The van der Waals surface area contributed by atoms with Crippen LogP contribution in [0.15, 0.2) is 30.3 Å². The first-order valence-corrected chi connectivity index (χ1v) is 4.62. The Bertz CT molecular complexity index is 549. The van der Waals surface area contributed by atoms with Crippen molar-refractivity contribution in [2.24, 2.45) is 0 Å². The number of hydrogen-bond acceptors (Lipinski definition) is 2. The molecular formula is C11H7ClO3. The summed E-state index contributed by atoms with van der Waals surface area (Å²) in [4.78, 5) is 10.9. The lowest BCUT2D eigenvalue weighted by molar-refractivity contribution is 0.0699. The molecule has 0 amide bonds. The molecule has 3 nitrogen and oxygen atoms in total. The van der Waals surface area contributed by atoms with Gasteiger partial charge in [0.05, 0.1) is 10.6 Å². The maximum Gasteiger partial charge on any atom is 0.336 e. The number of benzene rings is 2. The van der Waals surface area contributed by atoms with E-state index in [9.17, 15) is 9.90 Å². The summed E-state index contributed by atoms with van der Waals surface area (Å²) < 4.78 is 0. The Kier molecular flexibility index (Phi) is 2.25. The standard InChI is InChI=1S/C11H7ClO3/c12-10-8(13)5-4-6-2-1-3-7(9(6)10)11(14)15/h1-5,13H,(H,14,15). The van der Waals surface area contributed by atoms with E-state index in [0.29, 0.717) is 10.8 Å². The SMILES string of the molecule is O=C(O)c1cccc2ccc(O)c(Cl)c12. The molecule has 4 heteroatoms. The highest BCUT2D eigenvalue weighted by Crippen LogP contribution is 2.33. The maximum atomic E-state index is 10.9. The number of carboxylic acid groups (broad SMARTS) is 1. The van der Waals surface area contributed by atoms with Crippen LogP contribution in [0.5, 0.6) is 5.75 Å². The molecule has 0 aliphatic carbocycles. The molecule has 76 valence electrons. The summed E-state index contributed by atoms with van der Waals surface area (Å²) >= 11 is 5.86. The molecule has 0 saturated heterocycles. The minimum atomic E-state index is -1.06. The lowest BCUT2D eigenvalue weighted by Gasteiger charge is -2.05. The van der Waals surface area contributed by atoms with Crippen molar-refractivity contribution in [2.75, 3.05) is 0 Å². The summed E-state index contributed by atoms with van der Waals surface area (Å²) in [7, 11) is 0. The zero-order chi connectivity index (χ0) is 11.0. The molecule has 0 unspecified atom stereocenters. The van der Waals surface area contributed by atoms with Gasteiger partial charge in [-0.3, -0.25) is 0 Å². The van der Waals surface area contributed by atoms with Gasteiger partial charge in [0, 0.05) is 5.39 Å². The third kappa shape index (κ3) is 1.51. The number of hydrogen-bond donors (Lipinski definition) is 2. The van der Waals surface area contributed by atoms with Crippen molar-refractivity contribution in [1.29, 1.82) is 0 Å². The third-order valence-corrected chi connectivity index (χ3v) is 2.57. The Labute approximate surface area is 90.5 Å². The fourth-order valence-electron chi connectivity index (χ4n) is 1.50. The van der Waals surface area contributed by atoms with Gasteiger partial charge in [0.1, 0.15) is 5.75 Å². The zero-order valence-corrected chi connectivity index (χ0v) is 8.32. The summed E-state index contributed by atoms with van der Waals surface area (Å²) in [6.07, 6.45) is 0. The number of fused-ring (bicyclic) bond motifs is 1. The van der Waals surface area contributed by atoms with Crippen molar-refractivity contribution >= 4 is 28.3 Å². The molecule has 0 atom stereocenters. The van der Waals surface area contributed by atoms with Gasteiger partial charge in [-0.15, -0.1) is 0 Å². The number of carbonyl (C=O) groups is 1. The van der Waals surface area contributed by atoms with E-state index in [0.717, 1.165) is 0 Å². The van der Waals surface area contributed by atoms with Crippen LogP contribution in [0.3, 0.4) is 0 Å². The Morgan fingerprint density at radius 3 is 2.60 bits per heavy atom. The van der Waals surface area contributed by atoms with Crippen LogP contribution in [0.25, 0.3) is 10.8 Å². The molecule has 2 aromatic carbocycles. The molecular weight excluding hydrogens is 216 g/mol. The van der Waals surface area contributed by atoms with Crippen molar-refractivity contribution in [1.82, 2.24) is 0 Å². The van der Waals surface area contributed by atoms with Gasteiger partial charge in [-0.1, -0.05) is 29.8 Å². The number of aromatic hydroxyl groups is 1. The Morgan fingerprint density at radius 2 is 1.93 bits per heavy atom. The van der Waals surface area contributed by atoms with Crippen LogP contribution in [0, 0.1) is 0 Å². The molecule has 0 heterocycles. The first-order chi connectivity index (χ1) is 7.11. The molecule has 0 aliphatic heterocycles. The van der Waals surface area contributed by atoms with Crippen LogP contribution in [0.4, 0.5) is 0 Å². The molecule has 2 N–H and O–H groups in total. The second-order valence-electron chi connectivity index (χ2n) is 3.11. The molecule has 0 saturated carbocycles. The molecule has 2 aromatic rings. The highest BCUT2D eigenvalue weighted by Gasteiger charge is 2.13. The summed E-state index contributed by atoms with van der Waals surface area (Å²) in [6.45, 7) is 0. The number of phenolic OH excluding ortho intramolecular Hbond substituents is 1. The first-order valence-electron chi connectivity index (χ1n) is 4.25. The van der Waals surface area contributed by atoms with Crippen molar-refractivity contribution in [2.45, 2.75) is 0 Å². The highest BCUT2D eigenvalue weighted by atomic mass is 35.5.